The summed E-state index contributed by atoms with van der Waals surface area (Å²) < 4.78 is 0. The standard InChI is InChI=1S/C13H19NO/c1-14-9-13(10-15)7-12(8-13)11-5-3-2-4-6-11/h2-6,12,14-15H,7-10H2,1H3. The Morgan fingerprint density at radius 1 is 1.33 bits per heavy atom. The molecule has 0 saturated heterocycles. The van der Waals surface area contributed by atoms with E-state index in [2.05, 4.69) is 35.6 Å². The van der Waals surface area contributed by atoms with Gasteiger partial charge in [-0.3, -0.25) is 0 Å². The lowest BCUT2D eigenvalue weighted by Crippen LogP contribution is -2.45. The summed E-state index contributed by atoms with van der Waals surface area (Å²) in [5.41, 5.74) is 1.55. The molecule has 1 aromatic carbocycles. The van der Waals surface area contributed by atoms with Crippen molar-refractivity contribution in [1.29, 1.82) is 0 Å². The van der Waals surface area contributed by atoms with E-state index in [4.69, 9.17) is 0 Å². The Kier molecular flexibility index (Phi) is 3.08. The molecule has 82 valence electrons. The van der Waals surface area contributed by atoms with Crippen LogP contribution in [-0.2, 0) is 0 Å². The molecule has 1 fully saturated rings. The second-order valence-electron chi connectivity index (χ2n) is 4.70. The number of hydrogen-bond acceptors (Lipinski definition) is 2. The summed E-state index contributed by atoms with van der Waals surface area (Å²) in [6.07, 6.45) is 2.21. The lowest BCUT2D eigenvalue weighted by Gasteiger charge is -2.47. The first-order valence-corrected chi connectivity index (χ1v) is 5.60. The molecule has 2 rings (SSSR count). The van der Waals surface area contributed by atoms with Crippen LogP contribution >= 0.6 is 0 Å². The van der Waals surface area contributed by atoms with Gasteiger partial charge in [-0.2, -0.15) is 0 Å². The van der Waals surface area contributed by atoms with Gasteiger partial charge in [0.2, 0.25) is 0 Å². The lowest BCUT2D eigenvalue weighted by atomic mass is 9.60. The van der Waals surface area contributed by atoms with Gasteiger partial charge in [-0.05, 0) is 31.4 Å². The molecule has 1 saturated carbocycles. The van der Waals surface area contributed by atoms with Gasteiger partial charge in [0, 0.05) is 18.6 Å². The van der Waals surface area contributed by atoms with Gasteiger partial charge in [-0.25, -0.2) is 0 Å². The van der Waals surface area contributed by atoms with Crippen LogP contribution in [0, 0.1) is 5.41 Å². The van der Waals surface area contributed by atoms with Gasteiger partial charge in [-0.15, -0.1) is 0 Å². The van der Waals surface area contributed by atoms with E-state index in [1.807, 2.05) is 7.05 Å². The molecule has 1 aliphatic rings. The van der Waals surface area contributed by atoms with Crippen molar-refractivity contribution in [1.82, 2.24) is 5.32 Å². The van der Waals surface area contributed by atoms with E-state index >= 15 is 0 Å². The van der Waals surface area contributed by atoms with Crippen molar-refractivity contribution in [3.63, 3.8) is 0 Å². The Labute approximate surface area is 91.3 Å². The van der Waals surface area contributed by atoms with Crippen molar-refractivity contribution in [3.8, 4) is 0 Å². The van der Waals surface area contributed by atoms with Gasteiger partial charge < -0.3 is 10.4 Å². The average Bonchev–Trinajstić information content (AvgIpc) is 2.24. The molecule has 2 nitrogen and oxygen atoms in total. The van der Waals surface area contributed by atoms with Crippen molar-refractivity contribution >= 4 is 0 Å². The zero-order chi connectivity index (χ0) is 10.7. The number of aliphatic hydroxyl groups is 1. The molecule has 0 amide bonds. The fourth-order valence-electron chi connectivity index (χ4n) is 2.65. The van der Waals surface area contributed by atoms with Crippen LogP contribution in [0.5, 0.6) is 0 Å². The maximum absolute atomic E-state index is 9.39. The Morgan fingerprint density at radius 2 is 2.00 bits per heavy atom. The molecule has 0 heterocycles. The van der Waals surface area contributed by atoms with Gasteiger partial charge >= 0.3 is 0 Å². The minimum atomic E-state index is 0.134. The highest BCUT2D eigenvalue weighted by atomic mass is 16.3. The van der Waals surface area contributed by atoms with E-state index in [1.165, 1.54) is 5.56 Å². The van der Waals surface area contributed by atoms with Crippen LogP contribution in [0.15, 0.2) is 30.3 Å². The van der Waals surface area contributed by atoms with E-state index in [0.717, 1.165) is 19.4 Å². The van der Waals surface area contributed by atoms with Crippen LogP contribution < -0.4 is 5.32 Å². The minimum absolute atomic E-state index is 0.134. The predicted molar refractivity (Wildman–Crippen MR) is 61.9 cm³/mol. The largest absolute Gasteiger partial charge is 0.396 e. The van der Waals surface area contributed by atoms with Crippen LogP contribution in [0.1, 0.15) is 24.3 Å². The molecular weight excluding hydrogens is 186 g/mol. The minimum Gasteiger partial charge on any atom is -0.396 e. The molecule has 2 N–H and O–H groups in total. The normalized spacial score (nSPS) is 29.9. The van der Waals surface area contributed by atoms with Crippen LogP contribution in [0.25, 0.3) is 0 Å². The molecule has 15 heavy (non-hydrogen) atoms. The Morgan fingerprint density at radius 3 is 2.53 bits per heavy atom. The number of rotatable bonds is 4. The number of hydrogen-bond donors (Lipinski definition) is 2. The van der Waals surface area contributed by atoms with E-state index < -0.39 is 0 Å². The maximum Gasteiger partial charge on any atom is 0.0500 e. The van der Waals surface area contributed by atoms with E-state index in [9.17, 15) is 5.11 Å². The second kappa shape index (κ2) is 4.33. The van der Waals surface area contributed by atoms with Crippen molar-refractivity contribution in [2.45, 2.75) is 18.8 Å². The first kappa shape index (κ1) is 10.7. The molecule has 0 aliphatic heterocycles. The molecule has 1 aliphatic carbocycles. The summed E-state index contributed by atoms with van der Waals surface area (Å²) in [4.78, 5) is 0. The highest BCUT2D eigenvalue weighted by molar-refractivity contribution is 5.23. The highest BCUT2D eigenvalue weighted by Crippen LogP contribution is 2.50. The van der Waals surface area contributed by atoms with Crippen LogP contribution in [-0.4, -0.2) is 25.3 Å². The number of aliphatic hydroxyl groups excluding tert-OH is 1. The zero-order valence-corrected chi connectivity index (χ0v) is 9.24. The zero-order valence-electron chi connectivity index (χ0n) is 9.24. The van der Waals surface area contributed by atoms with Crippen LogP contribution in [0.4, 0.5) is 0 Å². The molecule has 0 aromatic heterocycles. The Bertz CT molecular complexity index is 304. The summed E-state index contributed by atoms with van der Waals surface area (Å²) in [5.74, 6) is 0.645. The second-order valence-corrected chi connectivity index (χ2v) is 4.70. The van der Waals surface area contributed by atoms with E-state index in [1.54, 1.807) is 0 Å². The monoisotopic (exact) mass is 205 g/mol. The fraction of sp³-hybridized carbons (Fsp3) is 0.538. The SMILES string of the molecule is CNCC1(CO)CC(c2ccccc2)C1. The van der Waals surface area contributed by atoms with Crippen LogP contribution in [0.3, 0.4) is 0 Å². The molecule has 1 aromatic rings. The summed E-state index contributed by atoms with van der Waals surface area (Å²) in [5, 5.41) is 12.6. The third-order valence-electron chi connectivity index (χ3n) is 3.52. The fourth-order valence-corrected chi connectivity index (χ4v) is 2.65. The van der Waals surface area contributed by atoms with Gasteiger partial charge in [-0.1, -0.05) is 30.3 Å². The lowest BCUT2D eigenvalue weighted by molar-refractivity contribution is 0.0273. The molecule has 0 unspecified atom stereocenters. The molecule has 2 heteroatoms. The van der Waals surface area contributed by atoms with E-state index in [0.29, 0.717) is 12.5 Å². The van der Waals surface area contributed by atoms with Gasteiger partial charge in [0.05, 0.1) is 0 Å². The average molecular weight is 205 g/mol. The summed E-state index contributed by atoms with van der Waals surface area (Å²) in [6, 6.07) is 10.6. The first-order chi connectivity index (χ1) is 7.29. The third kappa shape index (κ3) is 2.06. The van der Waals surface area contributed by atoms with Crippen LogP contribution in [0.2, 0.25) is 0 Å². The Balaban J connectivity index is 1.97. The topological polar surface area (TPSA) is 32.3 Å². The summed E-state index contributed by atoms with van der Waals surface area (Å²) in [6.45, 7) is 1.23. The number of nitrogens with one attached hydrogen (secondary N) is 1. The van der Waals surface area contributed by atoms with Crippen molar-refractivity contribution < 1.29 is 5.11 Å². The molecule has 0 spiro atoms. The summed E-state index contributed by atoms with van der Waals surface area (Å²) >= 11 is 0. The molecule has 0 radical (unpaired) electrons. The Hall–Kier alpha value is -0.860. The smallest absolute Gasteiger partial charge is 0.0500 e. The van der Waals surface area contributed by atoms with Gasteiger partial charge in [0.1, 0.15) is 0 Å². The summed E-state index contributed by atoms with van der Waals surface area (Å²) in [7, 11) is 1.95. The van der Waals surface area contributed by atoms with Crippen molar-refractivity contribution in [3.05, 3.63) is 35.9 Å². The third-order valence-corrected chi connectivity index (χ3v) is 3.52. The molecule has 0 bridgehead atoms. The predicted octanol–water partition coefficient (Wildman–Crippen LogP) is 1.76. The first-order valence-electron chi connectivity index (χ1n) is 5.60. The maximum atomic E-state index is 9.39. The molecule has 0 atom stereocenters. The van der Waals surface area contributed by atoms with E-state index in [-0.39, 0.29) is 5.41 Å². The van der Waals surface area contributed by atoms with Gasteiger partial charge in [0.15, 0.2) is 0 Å². The molecular formula is C13H19NO. The number of benzene rings is 1. The quantitative estimate of drug-likeness (QED) is 0.785. The highest BCUT2D eigenvalue weighted by Gasteiger charge is 2.43. The van der Waals surface area contributed by atoms with Crippen molar-refractivity contribution in [2.75, 3.05) is 20.2 Å². The van der Waals surface area contributed by atoms with Crippen molar-refractivity contribution in [2.24, 2.45) is 5.41 Å². The van der Waals surface area contributed by atoms with Gasteiger partial charge in [0.25, 0.3) is 0 Å².